The Morgan fingerprint density at radius 2 is 2.15 bits per heavy atom. The summed E-state index contributed by atoms with van der Waals surface area (Å²) in [6.45, 7) is 4.68. The Hall–Kier alpha value is -0.540. The molecule has 13 heavy (non-hydrogen) atoms. The third-order valence-electron chi connectivity index (χ3n) is 1.65. The molecule has 1 aromatic carbocycles. The van der Waals surface area contributed by atoms with Crippen molar-refractivity contribution in [2.45, 2.75) is 26.6 Å². The molecular formula is C10H14BrNO. The first-order chi connectivity index (χ1) is 6.09. The van der Waals surface area contributed by atoms with E-state index in [9.17, 15) is 0 Å². The number of nitrogen functional groups attached to an aromatic ring is 1. The van der Waals surface area contributed by atoms with Gasteiger partial charge in [0.2, 0.25) is 0 Å². The monoisotopic (exact) mass is 243 g/mol. The molecule has 0 amide bonds. The van der Waals surface area contributed by atoms with Crippen LogP contribution in [0.3, 0.4) is 0 Å². The minimum Gasteiger partial charge on any atom is -0.398 e. The molecule has 1 aromatic rings. The Morgan fingerprint density at radius 1 is 1.46 bits per heavy atom. The number of hydrogen-bond donors (Lipinski definition) is 1. The molecule has 2 N–H and O–H groups in total. The van der Waals surface area contributed by atoms with Crippen molar-refractivity contribution in [3.05, 3.63) is 28.2 Å². The van der Waals surface area contributed by atoms with Gasteiger partial charge in [-0.3, -0.25) is 0 Å². The third-order valence-corrected chi connectivity index (χ3v) is 2.33. The van der Waals surface area contributed by atoms with Crippen LogP contribution in [0.5, 0.6) is 0 Å². The maximum Gasteiger partial charge on any atom is 0.0720 e. The van der Waals surface area contributed by atoms with E-state index in [1.807, 2.05) is 32.0 Å². The molecule has 0 aliphatic rings. The summed E-state index contributed by atoms with van der Waals surface area (Å²) in [7, 11) is 0. The molecule has 0 unspecified atom stereocenters. The number of ether oxygens (including phenoxy) is 1. The van der Waals surface area contributed by atoms with E-state index >= 15 is 0 Å². The molecule has 0 bridgehead atoms. The van der Waals surface area contributed by atoms with Crippen LogP contribution in [-0.4, -0.2) is 6.10 Å². The molecular weight excluding hydrogens is 230 g/mol. The Kier molecular flexibility index (Phi) is 3.75. The molecule has 1 rings (SSSR count). The van der Waals surface area contributed by atoms with Crippen LogP contribution in [-0.2, 0) is 11.3 Å². The fourth-order valence-electron chi connectivity index (χ4n) is 0.923. The zero-order valence-electron chi connectivity index (χ0n) is 7.88. The van der Waals surface area contributed by atoms with E-state index in [1.165, 1.54) is 0 Å². The first-order valence-corrected chi connectivity index (χ1v) is 5.04. The fraction of sp³-hybridized carbons (Fsp3) is 0.400. The number of benzene rings is 1. The van der Waals surface area contributed by atoms with E-state index in [0.29, 0.717) is 6.61 Å². The highest BCUT2D eigenvalue weighted by molar-refractivity contribution is 9.10. The fourth-order valence-corrected chi connectivity index (χ4v) is 1.35. The topological polar surface area (TPSA) is 35.2 Å². The van der Waals surface area contributed by atoms with E-state index < -0.39 is 0 Å². The lowest BCUT2D eigenvalue weighted by Crippen LogP contribution is -2.02. The smallest absolute Gasteiger partial charge is 0.0720 e. The minimum absolute atomic E-state index is 0.260. The Morgan fingerprint density at radius 3 is 2.69 bits per heavy atom. The van der Waals surface area contributed by atoms with Crippen molar-refractivity contribution in [3.63, 3.8) is 0 Å². The number of anilines is 1. The summed E-state index contributed by atoms with van der Waals surface area (Å²) in [5.74, 6) is 0. The molecule has 0 saturated carbocycles. The van der Waals surface area contributed by atoms with Crippen LogP contribution in [0.2, 0.25) is 0 Å². The third kappa shape index (κ3) is 3.36. The van der Waals surface area contributed by atoms with Gasteiger partial charge in [0.05, 0.1) is 12.7 Å². The van der Waals surface area contributed by atoms with Gasteiger partial charge in [0, 0.05) is 10.2 Å². The minimum atomic E-state index is 0.260. The summed E-state index contributed by atoms with van der Waals surface area (Å²) in [6.07, 6.45) is 0.260. The predicted octanol–water partition coefficient (Wildman–Crippen LogP) is 2.96. The molecule has 0 aliphatic carbocycles. The van der Waals surface area contributed by atoms with Crippen molar-refractivity contribution in [1.82, 2.24) is 0 Å². The van der Waals surface area contributed by atoms with Crippen molar-refractivity contribution in [2.24, 2.45) is 0 Å². The quantitative estimate of drug-likeness (QED) is 0.829. The van der Waals surface area contributed by atoms with Gasteiger partial charge in [-0.15, -0.1) is 0 Å². The largest absolute Gasteiger partial charge is 0.398 e. The molecule has 0 radical (unpaired) electrons. The first kappa shape index (κ1) is 10.5. The van der Waals surface area contributed by atoms with E-state index in [4.69, 9.17) is 10.5 Å². The number of hydrogen-bond acceptors (Lipinski definition) is 2. The average molecular weight is 244 g/mol. The molecule has 0 aliphatic heterocycles. The molecule has 0 saturated heterocycles. The zero-order chi connectivity index (χ0) is 9.84. The van der Waals surface area contributed by atoms with Gasteiger partial charge in [0.25, 0.3) is 0 Å². The SMILES string of the molecule is CC(C)OCc1ccc(N)c(Br)c1. The lowest BCUT2D eigenvalue weighted by atomic mass is 10.2. The lowest BCUT2D eigenvalue weighted by Gasteiger charge is -2.08. The first-order valence-electron chi connectivity index (χ1n) is 4.25. The molecule has 0 fully saturated rings. The van der Waals surface area contributed by atoms with Crippen LogP contribution in [0.15, 0.2) is 22.7 Å². The van der Waals surface area contributed by atoms with Crippen molar-refractivity contribution >= 4 is 21.6 Å². The molecule has 2 nitrogen and oxygen atoms in total. The van der Waals surface area contributed by atoms with Gasteiger partial charge < -0.3 is 10.5 Å². The second-order valence-corrected chi connectivity index (χ2v) is 4.07. The van der Waals surface area contributed by atoms with Crippen molar-refractivity contribution < 1.29 is 4.74 Å². The van der Waals surface area contributed by atoms with Crippen molar-refractivity contribution in [3.8, 4) is 0 Å². The highest BCUT2D eigenvalue weighted by Gasteiger charge is 1.99. The molecule has 0 atom stereocenters. The van der Waals surface area contributed by atoms with E-state index in [1.54, 1.807) is 0 Å². The van der Waals surface area contributed by atoms with E-state index in [0.717, 1.165) is 15.7 Å². The Labute approximate surface area is 87.2 Å². The van der Waals surface area contributed by atoms with Crippen LogP contribution in [0.25, 0.3) is 0 Å². The Balaban J connectivity index is 2.63. The van der Waals surface area contributed by atoms with Crippen molar-refractivity contribution in [2.75, 3.05) is 5.73 Å². The van der Waals surface area contributed by atoms with Crippen LogP contribution < -0.4 is 5.73 Å². The van der Waals surface area contributed by atoms with Gasteiger partial charge in [-0.1, -0.05) is 6.07 Å². The normalized spacial score (nSPS) is 10.8. The standard InChI is InChI=1S/C10H14BrNO/c1-7(2)13-6-8-3-4-10(12)9(11)5-8/h3-5,7H,6,12H2,1-2H3. The van der Waals surface area contributed by atoms with Crippen LogP contribution in [0.4, 0.5) is 5.69 Å². The van der Waals surface area contributed by atoms with Crippen LogP contribution in [0.1, 0.15) is 19.4 Å². The van der Waals surface area contributed by atoms with Gasteiger partial charge in [0.15, 0.2) is 0 Å². The van der Waals surface area contributed by atoms with E-state index in [-0.39, 0.29) is 6.10 Å². The summed E-state index contributed by atoms with van der Waals surface area (Å²) < 4.78 is 6.39. The van der Waals surface area contributed by atoms with Gasteiger partial charge in [-0.2, -0.15) is 0 Å². The Bertz CT molecular complexity index is 286. The van der Waals surface area contributed by atoms with Crippen LogP contribution in [0, 0.1) is 0 Å². The maximum atomic E-state index is 5.66. The van der Waals surface area contributed by atoms with Gasteiger partial charge in [0.1, 0.15) is 0 Å². The van der Waals surface area contributed by atoms with Gasteiger partial charge in [-0.25, -0.2) is 0 Å². The average Bonchev–Trinajstić information content (AvgIpc) is 2.07. The van der Waals surface area contributed by atoms with E-state index in [2.05, 4.69) is 15.9 Å². The summed E-state index contributed by atoms with van der Waals surface area (Å²) in [6, 6.07) is 5.84. The molecule has 72 valence electrons. The number of nitrogens with two attached hydrogens (primary N) is 1. The number of halogens is 1. The summed E-state index contributed by atoms with van der Waals surface area (Å²) in [4.78, 5) is 0. The van der Waals surface area contributed by atoms with Crippen LogP contribution >= 0.6 is 15.9 Å². The highest BCUT2D eigenvalue weighted by Crippen LogP contribution is 2.20. The molecule has 0 spiro atoms. The zero-order valence-corrected chi connectivity index (χ0v) is 9.47. The van der Waals surface area contributed by atoms with Gasteiger partial charge in [-0.05, 0) is 47.5 Å². The maximum absolute atomic E-state index is 5.66. The van der Waals surface area contributed by atoms with Crippen molar-refractivity contribution in [1.29, 1.82) is 0 Å². The predicted molar refractivity (Wildman–Crippen MR) is 58.5 cm³/mol. The summed E-state index contributed by atoms with van der Waals surface area (Å²) in [5, 5.41) is 0. The highest BCUT2D eigenvalue weighted by atomic mass is 79.9. The molecule has 3 heteroatoms. The van der Waals surface area contributed by atoms with Gasteiger partial charge >= 0.3 is 0 Å². The molecule has 0 heterocycles. The second kappa shape index (κ2) is 4.63. The number of rotatable bonds is 3. The lowest BCUT2D eigenvalue weighted by molar-refractivity contribution is 0.0657. The molecule has 0 aromatic heterocycles. The second-order valence-electron chi connectivity index (χ2n) is 3.22. The summed E-state index contributed by atoms with van der Waals surface area (Å²) in [5.41, 5.74) is 7.55. The summed E-state index contributed by atoms with van der Waals surface area (Å²) >= 11 is 3.37.